The maximum Gasteiger partial charge on any atom is 1.00 e. The molecule has 184 valence electrons. The minimum Gasteiger partial charge on any atom is -0.857 e. The van der Waals surface area contributed by atoms with Crippen molar-refractivity contribution in [3.05, 3.63) is 45.9 Å². The van der Waals surface area contributed by atoms with E-state index in [1.54, 1.807) is 0 Å². The van der Waals surface area contributed by atoms with Gasteiger partial charge in [-0.05, 0) is 11.6 Å². The van der Waals surface area contributed by atoms with Crippen LogP contribution >= 0.6 is 23.1 Å². The molecule has 18 heteroatoms. The van der Waals surface area contributed by atoms with Crippen molar-refractivity contribution < 1.29 is 72.3 Å². The Hall–Kier alpha value is -2.86. The molecule has 12 nitrogen and oxygen atoms in total. The summed E-state index contributed by atoms with van der Waals surface area (Å²) in [5, 5.41) is 37.7. The number of nitrogens with two attached hydrogens (primary N) is 1. The van der Waals surface area contributed by atoms with Crippen LogP contribution in [0.1, 0.15) is 17.1 Å². The summed E-state index contributed by atoms with van der Waals surface area (Å²) in [6.07, 6.45) is -2.40. The average Bonchev–Trinajstić information content (AvgIpc) is 3.45. The van der Waals surface area contributed by atoms with Crippen molar-refractivity contribution in [3.63, 3.8) is 0 Å². The molecule has 0 aliphatic carbocycles. The van der Waals surface area contributed by atoms with E-state index in [1.807, 2.05) is 0 Å². The van der Waals surface area contributed by atoms with Gasteiger partial charge in [0, 0.05) is 23.1 Å². The quantitative estimate of drug-likeness (QED) is 0.0903. The monoisotopic (exact) mass is 552 g/mol. The van der Waals surface area contributed by atoms with Gasteiger partial charge in [0.1, 0.15) is 22.5 Å². The number of oxime groups is 1. The van der Waals surface area contributed by atoms with Crippen LogP contribution in [0, 0.1) is 0 Å². The summed E-state index contributed by atoms with van der Waals surface area (Å²) in [6.45, 7) is 0. The average molecular weight is 552 g/mol. The van der Waals surface area contributed by atoms with Gasteiger partial charge in [-0.2, -0.15) is 13.2 Å². The van der Waals surface area contributed by atoms with Gasteiger partial charge in [-0.25, -0.2) is 9.78 Å². The molecule has 4 heterocycles. The van der Waals surface area contributed by atoms with Crippen LogP contribution in [0.2, 0.25) is 0 Å². The molecule has 0 radical (unpaired) electrons. The number of carboxylic acids is 1. The molecule has 2 unspecified atom stereocenters. The Morgan fingerprint density at radius 1 is 1.39 bits per heavy atom. The molecule has 4 N–H and O–H groups in total. The van der Waals surface area contributed by atoms with Gasteiger partial charge in [0.05, 0.1) is 0 Å². The number of carbonyl (C=O) groups is 2. The minimum atomic E-state index is -4.71. The Bertz CT molecular complexity index is 1320. The Kier molecular flexibility index (Phi) is 8.19. The number of allylic oxidation sites excluding steroid dienone is 1. The number of amides is 1. The number of carboxylic acid groups (broad SMARTS) is 1. The Morgan fingerprint density at radius 3 is 2.67 bits per heavy atom. The summed E-state index contributed by atoms with van der Waals surface area (Å²) in [4.78, 5) is 33.1. The predicted octanol–water partition coefficient (Wildman–Crippen LogP) is -1.99. The van der Waals surface area contributed by atoms with Gasteiger partial charge in [-0.3, -0.25) is 14.7 Å². The van der Waals surface area contributed by atoms with Crippen molar-refractivity contribution in [2.45, 2.75) is 17.6 Å². The first kappa shape index (κ1) is 27.7. The molecule has 4 rings (SSSR count). The summed E-state index contributed by atoms with van der Waals surface area (Å²) >= 11 is 2.07. The third kappa shape index (κ3) is 5.29. The van der Waals surface area contributed by atoms with Crippen LogP contribution in [0.25, 0.3) is 6.08 Å². The van der Waals surface area contributed by atoms with E-state index in [-0.39, 0.29) is 57.5 Å². The molecular formula is C18H12F3N6NaO6S2. The van der Waals surface area contributed by atoms with Crippen LogP contribution < -0.4 is 40.4 Å². The maximum absolute atomic E-state index is 12.7. The van der Waals surface area contributed by atoms with Crippen molar-refractivity contribution in [2.24, 2.45) is 10.1 Å². The fourth-order valence-corrected chi connectivity index (χ4v) is 5.06. The van der Waals surface area contributed by atoms with E-state index >= 15 is 0 Å². The van der Waals surface area contributed by atoms with Gasteiger partial charge in [0.25, 0.3) is 5.91 Å². The fourth-order valence-electron chi connectivity index (χ4n) is 3.21. The van der Waals surface area contributed by atoms with Gasteiger partial charge in [-0.15, -0.1) is 23.1 Å². The number of hydrogen-bond acceptors (Lipinski definition) is 12. The molecule has 2 aliphatic rings. The van der Waals surface area contributed by atoms with Gasteiger partial charge < -0.3 is 25.7 Å². The maximum atomic E-state index is 12.7. The van der Waals surface area contributed by atoms with E-state index < -0.39 is 52.5 Å². The zero-order valence-electron chi connectivity index (χ0n) is 18.0. The SMILES string of the molecule is Nc1nc(/C(=N/O)C([O-])=NC2C(=O)N3C(C(=O)O)=C(/C=C/c4cc(C(F)(F)F)no4)CSC23)cs1.[Na+]. The number of nitrogens with zero attached hydrogens (tertiary/aromatic N) is 5. The van der Waals surface area contributed by atoms with Crippen LogP contribution in [0.15, 0.2) is 43.5 Å². The third-order valence-electron chi connectivity index (χ3n) is 4.76. The number of rotatable bonds is 6. The second kappa shape index (κ2) is 10.6. The molecular weight excluding hydrogens is 540 g/mol. The predicted molar refractivity (Wildman–Crippen MR) is 114 cm³/mol. The van der Waals surface area contributed by atoms with Crippen LogP contribution in [0.3, 0.4) is 0 Å². The van der Waals surface area contributed by atoms with E-state index in [0.29, 0.717) is 6.07 Å². The van der Waals surface area contributed by atoms with Crippen molar-refractivity contribution in [3.8, 4) is 0 Å². The van der Waals surface area contributed by atoms with Crippen molar-refractivity contribution in [1.29, 1.82) is 0 Å². The van der Waals surface area contributed by atoms with Gasteiger partial charge in [-0.1, -0.05) is 16.4 Å². The normalized spacial score (nSPS) is 20.9. The summed E-state index contributed by atoms with van der Waals surface area (Å²) < 4.78 is 42.6. The molecule has 2 aliphatic heterocycles. The number of β-lactam (4-membered cyclic amide) rings is 1. The molecule has 36 heavy (non-hydrogen) atoms. The number of halogens is 3. The van der Waals surface area contributed by atoms with Crippen molar-refractivity contribution in [1.82, 2.24) is 15.0 Å². The number of thiazole rings is 1. The number of carbonyl (C=O) groups excluding carboxylic acids is 1. The van der Waals surface area contributed by atoms with E-state index in [9.17, 15) is 38.2 Å². The van der Waals surface area contributed by atoms with Gasteiger partial charge in [0.2, 0.25) is 0 Å². The molecule has 2 aromatic heterocycles. The van der Waals surface area contributed by atoms with Crippen LogP contribution in [-0.2, 0) is 15.8 Å². The van der Waals surface area contributed by atoms with Crippen molar-refractivity contribution in [2.75, 3.05) is 11.5 Å². The third-order valence-corrected chi connectivity index (χ3v) is 6.73. The zero-order chi connectivity index (χ0) is 25.5. The summed E-state index contributed by atoms with van der Waals surface area (Å²) in [6, 6.07) is -0.606. The summed E-state index contributed by atoms with van der Waals surface area (Å²) in [5.74, 6) is -3.54. The zero-order valence-corrected chi connectivity index (χ0v) is 21.6. The number of aromatic nitrogens is 2. The first-order valence-electron chi connectivity index (χ1n) is 9.33. The molecule has 1 amide bonds. The Morgan fingerprint density at radius 2 is 2.11 bits per heavy atom. The van der Waals surface area contributed by atoms with Crippen LogP contribution in [0.5, 0.6) is 0 Å². The molecule has 2 aromatic rings. The number of fused-ring (bicyclic) bond motifs is 1. The number of aliphatic carboxylic acids is 1. The van der Waals surface area contributed by atoms with Crippen molar-refractivity contribution >= 4 is 57.8 Å². The van der Waals surface area contributed by atoms with Crippen LogP contribution in [0.4, 0.5) is 18.3 Å². The number of thioether (sulfide) groups is 1. The number of anilines is 1. The first-order chi connectivity index (χ1) is 16.5. The Balaban J connectivity index is 0.00000361. The second-order valence-electron chi connectivity index (χ2n) is 6.93. The van der Waals surface area contributed by atoms with Gasteiger partial charge >= 0.3 is 41.7 Å². The summed E-state index contributed by atoms with van der Waals surface area (Å²) in [7, 11) is 0. The van der Waals surface area contributed by atoms with Gasteiger partial charge in [0.15, 0.2) is 22.6 Å². The van der Waals surface area contributed by atoms with E-state index in [1.165, 1.54) is 11.5 Å². The number of aliphatic imine (C=N–C) groups is 1. The number of nitrogen functional groups attached to an aromatic ring is 1. The molecule has 0 aromatic carbocycles. The topological polar surface area (TPSA) is 191 Å². The van der Waals surface area contributed by atoms with Crippen LogP contribution in [-0.4, -0.2) is 66.0 Å². The molecule has 0 saturated carbocycles. The molecule has 2 atom stereocenters. The van der Waals surface area contributed by atoms with E-state index in [4.69, 9.17) is 5.73 Å². The Labute approximate surface area is 229 Å². The standard InChI is InChI=1S/C18H13F3N6O6S2.Na/c19-18(20,21)9-3-7(33-26-9)2-1-6-4-34-15-11(14(29)27(15)12(6)16(30)31)24-13(28)10(25-32)8-5-35-17(22)23-8;/h1-3,5,11,15,32H,4H2,(H2,22,23)(H,24,28)(H,30,31);/q;+1/p-1/b2-1+,25-10-;. The van der Waals surface area contributed by atoms with E-state index in [2.05, 4.69) is 24.8 Å². The minimum absolute atomic E-state index is 0. The second-order valence-corrected chi connectivity index (χ2v) is 8.93. The summed E-state index contributed by atoms with van der Waals surface area (Å²) in [5.41, 5.74) is 3.39. The molecule has 0 spiro atoms. The number of hydrogen-bond donors (Lipinski definition) is 3. The molecule has 1 saturated heterocycles. The molecule has 0 bridgehead atoms. The smallest absolute Gasteiger partial charge is 0.857 e. The fraction of sp³-hybridized carbons (Fsp3) is 0.222. The van der Waals surface area contributed by atoms with E-state index in [0.717, 1.165) is 34.1 Å². The first-order valence-corrected chi connectivity index (χ1v) is 11.3. The number of alkyl halides is 3. The molecule has 1 fully saturated rings. The largest absolute Gasteiger partial charge is 1.00 e.